The first-order valence-corrected chi connectivity index (χ1v) is 5.45. The van der Waals surface area contributed by atoms with Crippen molar-refractivity contribution in [3.05, 3.63) is 23.3 Å². The molecule has 0 saturated carbocycles. The van der Waals surface area contributed by atoms with Crippen LogP contribution in [0.15, 0.2) is 12.1 Å². The minimum atomic E-state index is 0.364. The minimum absolute atomic E-state index is 0.364. The lowest BCUT2D eigenvalue weighted by atomic mass is 9.90. The number of hydrogen-bond acceptors (Lipinski definition) is 4. The number of nitrogens with one attached hydrogen (secondary N) is 1. The third-order valence-electron chi connectivity index (χ3n) is 3.08. The molecular formula is C12H18N2O2. The van der Waals surface area contributed by atoms with Crippen LogP contribution in [0, 0.1) is 0 Å². The van der Waals surface area contributed by atoms with Gasteiger partial charge in [-0.15, -0.1) is 0 Å². The molecule has 1 aliphatic heterocycles. The topological polar surface area (TPSA) is 56.5 Å². The minimum Gasteiger partial charge on any atom is -0.493 e. The number of hydrogen-bond donors (Lipinski definition) is 2. The van der Waals surface area contributed by atoms with Gasteiger partial charge in [0.2, 0.25) is 0 Å². The Kier molecular flexibility index (Phi) is 3.31. The first-order valence-electron chi connectivity index (χ1n) is 5.45. The van der Waals surface area contributed by atoms with E-state index in [4.69, 9.17) is 15.2 Å². The Bertz CT molecular complexity index is 380. The number of fused-ring (bicyclic) bond motifs is 1. The van der Waals surface area contributed by atoms with Gasteiger partial charge in [0, 0.05) is 25.6 Å². The molecule has 1 unspecified atom stereocenters. The van der Waals surface area contributed by atoms with Crippen molar-refractivity contribution in [2.75, 3.05) is 27.3 Å². The van der Waals surface area contributed by atoms with Crippen molar-refractivity contribution in [3.63, 3.8) is 0 Å². The molecule has 0 radical (unpaired) electrons. The molecule has 1 atom stereocenters. The van der Waals surface area contributed by atoms with Crippen molar-refractivity contribution in [2.45, 2.75) is 12.5 Å². The zero-order chi connectivity index (χ0) is 11.5. The molecule has 0 amide bonds. The Labute approximate surface area is 95.7 Å². The van der Waals surface area contributed by atoms with Crippen molar-refractivity contribution < 1.29 is 9.47 Å². The zero-order valence-corrected chi connectivity index (χ0v) is 9.75. The van der Waals surface area contributed by atoms with E-state index < -0.39 is 0 Å². The van der Waals surface area contributed by atoms with Crippen LogP contribution in [0.1, 0.15) is 17.0 Å². The van der Waals surface area contributed by atoms with Crippen LogP contribution in [-0.2, 0) is 6.54 Å². The summed E-state index contributed by atoms with van der Waals surface area (Å²) in [4.78, 5) is 0. The molecule has 1 heterocycles. The van der Waals surface area contributed by atoms with E-state index in [9.17, 15) is 0 Å². The van der Waals surface area contributed by atoms with Crippen LogP contribution in [0.3, 0.4) is 0 Å². The van der Waals surface area contributed by atoms with E-state index in [1.807, 2.05) is 12.1 Å². The fourth-order valence-electron chi connectivity index (χ4n) is 2.17. The molecule has 0 aromatic heterocycles. The Hall–Kier alpha value is -1.26. The summed E-state index contributed by atoms with van der Waals surface area (Å²) in [5.74, 6) is 1.92. The number of methoxy groups -OCH3 is 2. The summed E-state index contributed by atoms with van der Waals surface area (Å²) in [7, 11) is 3.31. The predicted molar refractivity (Wildman–Crippen MR) is 63.0 cm³/mol. The van der Waals surface area contributed by atoms with Gasteiger partial charge < -0.3 is 20.5 Å². The SMILES string of the molecule is COc1cc2c(cc1OC)C(CN)CNC2. The van der Waals surface area contributed by atoms with Crippen LogP contribution < -0.4 is 20.5 Å². The number of nitrogens with two attached hydrogens (primary N) is 1. The van der Waals surface area contributed by atoms with Crippen molar-refractivity contribution in [3.8, 4) is 11.5 Å². The summed E-state index contributed by atoms with van der Waals surface area (Å²) in [6, 6.07) is 4.08. The van der Waals surface area contributed by atoms with E-state index in [0.717, 1.165) is 24.6 Å². The highest BCUT2D eigenvalue weighted by Gasteiger charge is 2.21. The van der Waals surface area contributed by atoms with Crippen LogP contribution in [-0.4, -0.2) is 27.3 Å². The van der Waals surface area contributed by atoms with E-state index in [0.29, 0.717) is 12.5 Å². The normalized spacial score (nSPS) is 19.1. The Morgan fingerprint density at radius 2 is 2.00 bits per heavy atom. The molecule has 0 aliphatic carbocycles. The third-order valence-corrected chi connectivity index (χ3v) is 3.08. The molecule has 3 N–H and O–H groups in total. The van der Waals surface area contributed by atoms with Crippen molar-refractivity contribution in [2.24, 2.45) is 5.73 Å². The zero-order valence-electron chi connectivity index (χ0n) is 9.75. The smallest absolute Gasteiger partial charge is 0.161 e. The molecule has 16 heavy (non-hydrogen) atoms. The van der Waals surface area contributed by atoms with Crippen LogP contribution in [0.4, 0.5) is 0 Å². The highest BCUT2D eigenvalue weighted by molar-refractivity contribution is 5.49. The van der Waals surface area contributed by atoms with Gasteiger partial charge in [-0.2, -0.15) is 0 Å². The van der Waals surface area contributed by atoms with Gasteiger partial charge in [0.15, 0.2) is 11.5 Å². The van der Waals surface area contributed by atoms with Crippen LogP contribution in [0.25, 0.3) is 0 Å². The summed E-state index contributed by atoms with van der Waals surface area (Å²) in [6.07, 6.45) is 0. The van der Waals surface area contributed by atoms with Crippen molar-refractivity contribution in [1.29, 1.82) is 0 Å². The molecule has 88 valence electrons. The van der Waals surface area contributed by atoms with Gasteiger partial charge in [-0.3, -0.25) is 0 Å². The number of benzene rings is 1. The van der Waals surface area contributed by atoms with E-state index >= 15 is 0 Å². The van der Waals surface area contributed by atoms with Crippen LogP contribution >= 0.6 is 0 Å². The maximum Gasteiger partial charge on any atom is 0.161 e. The maximum atomic E-state index is 5.77. The van der Waals surface area contributed by atoms with Gasteiger partial charge in [-0.05, 0) is 23.3 Å². The van der Waals surface area contributed by atoms with Gasteiger partial charge in [-0.1, -0.05) is 0 Å². The maximum absolute atomic E-state index is 5.77. The lowest BCUT2D eigenvalue weighted by molar-refractivity contribution is 0.352. The molecular weight excluding hydrogens is 204 g/mol. The lowest BCUT2D eigenvalue weighted by Crippen LogP contribution is -2.32. The molecule has 1 aromatic carbocycles. The monoisotopic (exact) mass is 222 g/mol. The Balaban J connectivity index is 2.46. The predicted octanol–water partition coefficient (Wildman–Crippen LogP) is 0.849. The second-order valence-corrected chi connectivity index (χ2v) is 3.97. The van der Waals surface area contributed by atoms with E-state index in [1.165, 1.54) is 11.1 Å². The summed E-state index contributed by atoms with van der Waals surface area (Å²) in [6.45, 7) is 2.45. The van der Waals surface area contributed by atoms with E-state index in [2.05, 4.69) is 5.32 Å². The summed E-state index contributed by atoms with van der Waals surface area (Å²) >= 11 is 0. The largest absolute Gasteiger partial charge is 0.493 e. The first-order chi connectivity index (χ1) is 7.80. The molecule has 4 heteroatoms. The molecule has 0 fully saturated rings. The highest BCUT2D eigenvalue weighted by atomic mass is 16.5. The van der Waals surface area contributed by atoms with Gasteiger partial charge >= 0.3 is 0 Å². The van der Waals surface area contributed by atoms with Gasteiger partial charge in [0.25, 0.3) is 0 Å². The molecule has 1 aromatic rings. The highest BCUT2D eigenvalue weighted by Crippen LogP contribution is 2.35. The number of rotatable bonds is 3. The first kappa shape index (κ1) is 11.2. The van der Waals surface area contributed by atoms with Crippen molar-refractivity contribution >= 4 is 0 Å². The van der Waals surface area contributed by atoms with E-state index in [-0.39, 0.29) is 0 Å². The molecule has 1 aliphatic rings. The molecule has 0 spiro atoms. The van der Waals surface area contributed by atoms with Crippen LogP contribution in [0.5, 0.6) is 11.5 Å². The van der Waals surface area contributed by atoms with Crippen LogP contribution in [0.2, 0.25) is 0 Å². The lowest BCUT2D eigenvalue weighted by Gasteiger charge is -2.26. The Morgan fingerprint density at radius 3 is 2.62 bits per heavy atom. The average molecular weight is 222 g/mol. The van der Waals surface area contributed by atoms with Gasteiger partial charge in [0.05, 0.1) is 14.2 Å². The molecule has 2 rings (SSSR count). The quantitative estimate of drug-likeness (QED) is 0.796. The average Bonchev–Trinajstić information content (AvgIpc) is 2.36. The third kappa shape index (κ3) is 1.86. The molecule has 0 bridgehead atoms. The second-order valence-electron chi connectivity index (χ2n) is 3.97. The fourth-order valence-corrected chi connectivity index (χ4v) is 2.17. The standard InChI is InChI=1S/C12H18N2O2/c1-15-11-3-8-6-14-7-9(5-13)10(8)4-12(11)16-2/h3-4,9,14H,5-7,13H2,1-2H3. The molecule has 0 saturated heterocycles. The van der Waals surface area contributed by atoms with Gasteiger partial charge in [0.1, 0.15) is 0 Å². The summed E-state index contributed by atoms with van der Waals surface area (Å²) < 4.78 is 10.6. The summed E-state index contributed by atoms with van der Waals surface area (Å²) in [5.41, 5.74) is 8.29. The second kappa shape index (κ2) is 4.72. The van der Waals surface area contributed by atoms with E-state index in [1.54, 1.807) is 14.2 Å². The summed E-state index contributed by atoms with van der Waals surface area (Å²) in [5, 5.41) is 3.35. The van der Waals surface area contributed by atoms with Gasteiger partial charge in [-0.25, -0.2) is 0 Å². The Morgan fingerprint density at radius 1 is 1.31 bits per heavy atom. The number of ether oxygens (including phenoxy) is 2. The fraction of sp³-hybridized carbons (Fsp3) is 0.500. The molecule has 4 nitrogen and oxygen atoms in total. The van der Waals surface area contributed by atoms with Crippen molar-refractivity contribution in [1.82, 2.24) is 5.32 Å².